The van der Waals surface area contributed by atoms with E-state index in [1.165, 1.54) is 0 Å². The number of carbonyl (C=O) groups excluding carboxylic acids is 2. The number of carbonyl (C=O) groups is 2. The van der Waals surface area contributed by atoms with Crippen LogP contribution in [0.4, 0.5) is 16.2 Å². The number of H-pyrrole nitrogens is 1. The first-order chi connectivity index (χ1) is 11.7. The Morgan fingerprint density at radius 2 is 1.71 bits per heavy atom. The maximum absolute atomic E-state index is 12.1. The van der Waals surface area contributed by atoms with E-state index in [2.05, 4.69) is 15.6 Å². The molecule has 0 aliphatic carbocycles. The number of aromatic nitrogens is 1. The van der Waals surface area contributed by atoms with Crippen LogP contribution in [0.3, 0.4) is 0 Å². The molecule has 24 heavy (non-hydrogen) atoms. The van der Waals surface area contributed by atoms with Crippen LogP contribution in [-0.2, 0) is 4.74 Å². The molecule has 0 unspecified atom stereocenters. The largest absolute Gasteiger partial charge is 0.462 e. The molecule has 0 saturated carbocycles. The Bertz CT molecular complexity index is 869. The molecule has 0 spiro atoms. The van der Waals surface area contributed by atoms with Crippen molar-refractivity contribution in [1.82, 2.24) is 4.98 Å². The second-order valence-corrected chi connectivity index (χ2v) is 5.16. The third-order valence-corrected chi connectivity index (χ3v) is 3.47. The van der Waals surface area contributed by atoms with E-state index in [1.807, 2.05) is 30.5 Å². The molecule has 3 rings (SSSR count). The quantitative estimate of drug-likeness (QED) is 0.635. The Morgan fingerprint density at radius 1 is 1.00 bits per heavy atom. The van der Waals surface area contributed by atoms with Gasteiger partial charge in [0.1, 0.15) is 0 Å². The van der Waals surface area contributed by atoms with Crippen molar-refractivity contribution in [3.63, 3.8) is 0 Å². The van der Waals surface area contributed by atoms with Crippen LogP contribution in [0.5, 0.6) is 0 Å². The van der Waals surface area contributed by atoms with E-state index in [0.717, 1.165) is 10.9 Å². The van der Waals surface area contributed by atoms with Gasteiger partial charge in [-0.25, -0.2) is 9.59 Å². The molecular weight excluding hydrogens is 306 g/mol. The Balaban J connectivity index is 1.62. The number of esters is 1. The highest BCUT2D eigenvalue weighted by molar-refractivity contribution is 6.01. The number of aromatic amines is 1. The van der Waals surface area contributed by atoms with Crippen LogP contribution >= 0.6 is 0 Å². The maximum Gasteiger partial charge on any atom is 0.338 e. The van der Waals surface area contributed by atoms with Crippen molar-refractivity contribution in [2.45, 2.75) is 6.92 Å². The van der Waals surface area contributed by atoms with Crippen molar-refractivity contribution in [3.05, 3.63) is 60.3 Å². The van der Waals surface area contributed by atoms with E-state index in [4.69, 9.17) is 4.74 Å². The second kappa shape index (κ2) is 6.87. The summed E-state index contributed by atoms with van der Waals surface area (Å²) in [5.41, 5.74) is 2.74. The van der Waals surface area contributed by atoms with Crippen molar-refractivity contribution in [2.24, 2.45) is 0 Å². The standard InChI is InChI=1S/C18H17N3O3/c1-2-24-17(22)12-3-5-14(6-4-12)20-18(23)21-15-7-8-16-13(11-15)9-10-19-16/h3-11,19H,2H2,1H3,(H2,20,21,23). The summed E-state index contributed by atoms with van der Waals surface area (Å²) in [4.78, 5) is 26.7. The molecule has 0 aliphatic rings. The third-order valence-electron chi connectivity index (χ3n) is 3.47. The molecule has 6 heteroatoms. The van der Waals surface area contributed by atoms with Gasteiger partial charge in [-0.2, -0.15) is 0 Å². The summed E-state index contributed by atoms with van der Waals surface area (Å²) >= 11 is 0. The number of rotatable bonds is 4. The Kier molecular flexibility index (Phi) is 4.47. The Hall–Kier alpha value is -3.28. The molecule has 0 radical (unpaired) electrons. The van der Waals surface area contributed by atoms with Crippen LogP contribution in [0.2, 0.25) is 0 Å². The predicted octanol–water partition coefficient (Wildman–Crippen LogP) is 3.99. The van der Waals surface area contributed by atoms with Crippen LogP contribution in [0, 0.1) is 0 Å². The van der Waals surface area contributed by atoms with Gasteiger partial charge in [-0.1, -0.05) is 0 Å². The van der Waals surface area contributed by atoms with Gasteiger partial charge in [0.2, 0.25) is 0 Å². The summed E-state index contributed by atoms with van der Waals surface area (Å²) in [5.74, 6) is -0.381. The van der Waals surface area contributed by atoms with Gasteiger partial charge in [-0.3, -0.25) is 0 Å². The number of urea groups is 1. The van der Waals surface area contributed by atoms with Gasteiger partial charge in [0, 0.05) is 28.5 Å². The fraction of sp³-hybridized carbons (Fsp3) is 0.111. The third kappa shape index (κ3) is 3.55. The van der Waals surface area contributed by atoms with Crippen molar-refractivity contribution in [1.29, 1.82) is 0 Å². The highest BCUT2D eigenvalue weighted by Gasteiger charge is 2.07. The zero-order valence-electron chi connectivity index (χ0n) is 13.1. The Labute approximate surface area is 138 Å². The first-order valence-corrected chi connectivity index (χ1v) is 7.58. The molecule has 0 aliphatic heterocycles. The van der Waals surface area contributed by atoms with E-state index in [-0.39, 0.29) is 12.0 Å². The van der Waals surface area contributed by atoms with Gasteiger partial charge in [-0.15, -0.1) is 0 Å². The zero-order chi connectivity index (χ0) is 16.9. The minimum absolute atomic E-state index is 0.326. The molecule has 122 valence electrons. The SMILES string of the molecule is CCOC(=O)c1ccc(NC(=O)Nc2ccc3[nH]ccc3c2)cc1. The lowest BCUT2D eigenvalue weighted by Gasteiger charge is -2.08. The molecule has 1 aromatic heterocycles. The number of anilines is 2. The summed E-state index contributed by atoms with van der Waals surface area (Å²) in [5, 5.41) is 6.51. The molecule has 2 aromatic carbocycles. The first kappa shape index (κ1) is 15.6. The molecule has 3 aromatic rings. The van der Waals surface area contributed by atoms with E-state index >= 15 is 0 Å². The van der Waals surface area contributed by atoms with Gasteiger partial charge < -0.3 is 20.4 Å². The monoisotopic (exact) mass is 323 g/mol. The number of hydrogen-bond acceptors (Lipinski definition) is 3. The number of fused-ring (bicyclic) bond motifs is 1. The van der Waals surface area contributed by atoms with Crippen molar-refractivity contribution < 1.29 is 14.3 Å². The van der Waals surface area contributed by atoms with Crippen LogP contribution in [0.1, 0.15) is 17.3 Å². The molecule has 3 N–H and O–H groups in total. The first-order valence-electron chi connectivity index (χ1n) is 7.58. The molecule has 1 heterocycles. The van der Waals surface area contributed by atoms with E-state index in [1.54, 1.807) is 31.2 Å². The number of nitrogens with one attached hydrogen (secondary N) is 3. The molecular formula is C18H17N3O3. The summed E-state index contributed by atoms with van der Waals surface area (Å²) in [6.45, 7) is 2.08. The van der Waals surface area contributed by atoms with Crippen molar-refractivity contribution in [3.8, 4) is 0 Å². The van der Waals surface area contributed by atoms with Crippen molar-refractivity contribution >= 4 is 34.3 Å². The summed E-state index contributed by atoms with van der Waals surface area (Å²) in [7, 11) is 0. The normalized spacial score (nSPS) is 10.4. The predicted molar refractivity (Wildman–Crippen MR) is 93.3 cm³/mol. The number of ether oxygens (including phenoxy) is 1. The Morgan fingerprint density at radius 3 is 2.46 bits per heavy atom. The molecule has 0 saturated heterocycles. The average Bonchev–Trinajstić information content (AvgIpc) is 3.03. The van der Waals surface area contributed by atoms with Gasteiger partial charge in [0.05, 0.1) is 12.2 Å². The van der Waals surface area contributed by atoms with Crippen LogP contribution in [-0.4, -0.2) is 23.6 Å². The van der Waals surface area contributed by atoms with E-state index < -0.39 is 0 Å². The highest BCUT2D eigenvalue weighted by Crippen LogP contribution is 2.18. The lowest BCUT2D eigenvalue weighted by Crippen LogP contribution is -2.19. The van der Waals surface area contributed by atoms with E-state index in [0.29, 0.717) is 23.5 Å². The number of amides is 2. The minimum Gasteiger partial charge on any atom is -0.462 e. The number of hydrogen-bond donors (Lipinski definition) is 3. The molecule has 0 atom stereocenters. The van der Waals surface area contributed by atoms with Gasteiger partial charge >= 0.3 is 12.0 Å². The summed E-state index contributed by atoms with van der Waals surface area (Å²) < 4.78 is 4.92. The maximum atomic E-state index is 12.1. The van der Waals surface area contributed by atoms with Crippen molar-refractivity contribution in [2.75, 3.05) is 17.2 Å². The fourth-order valence-corrected chi connectivity index (χ4v) is 2.33. The zero-order valence-corrected chi connectivity index (χ0v) is 13.1. The topological polar surface area (TPSA) is 83.2 Å². The van der Waals surface area contributed by atoms with Gasteiger partial charge in [0.15, 0.2) is 0 Å². The second-order valence-electron chi connectivity index (χ2n) is 5.16. The molecule has 2 amide bonds. The molecule has 6 nitrogen and oxygen atoms in total. The van der Waals surface area contributed by atoms with Crippen LogP contribution < -0.4 is 10.6 Å². The fourth-order valence-electron chi connectivity index (χ4n) is 2.33. The van der Waals surface area contributed by atoms with Gasteiger partial charge in [-0.05, 0) is 55.5 Å². The van der Waals surface area contributed by atoms with Crippen LogP contribution in [0.15, 0.2) is 54.7 Å². The lowest BCUT2D eigenvalue weighted by atomic mass is 10.2. The average molecular weight is 323 g/mol. The van der Waals surface area contributed by atoms with Crippen LogP contribution in [0.25, 0.3) is 10.9 Å². The van der Waals surface area contributed by atoms with E-state index in [9.17, 15) is 9.59 Å². The highest BCUT2D eigenvalue weighted by atomic mass is 16.5. The summed E-state index contributed by atoms with van der Waals surface area (Å²) in [6.07, 6.45) is 1.85. The molecule has 0 bridgehead atoms. The minimum atomic E-state index is -0.381. The lowest BCUT2D eigenvalue weighted by molar-refractivity contribution is 0.0526. The smallest absolute Gasteiger partial charge is 0.338 e. The molecule has 0 fully saturated rings. The number of benzene rings is 2. The summed E-state index contributed by atoms with van der Waals surface area (Å²) in [6, 6.07) is 13.7. The van der Waals surface area contributed by atoms with Gasteiger partial charge in [0.25, 0.3) is 0 Å².